The molecule has 0 saturated heterocycles. The maximum atomic E-state index is 4.29. The second kappa shape index (κ2) is 2.08. The SMILES string of the molecule is c1ccc2c3ns[nH]c-3cc2c1. The molecule has 1 aliphatic carbocycles. The van der Waals surface area contributed by atoms with E-state index in [0.717, 1.165) is 11.4 Å². The van der Waals surface area contributed by atoms with Crippen LogP contribution < -0.4 is 0 Å². The number of nitrogens with zero attached hydrogens (tertiary/aromatic N) is 1. The molecule has 1 aromatic carbocycles. The molecule has 12 heavy (non-hydrogen) atoms. The minimum Gasteiger partial charge on any atom is -0.293 e. The molecule has 0 saturated carbocycles. The van der Waals surface area contributed by atoms with Gasteiger partial charge in [-0.3, -0.25) is 4.37 Å². The van der Waals surface area contributed by atoms with Crippen LogP contribution in [0.15, 0.2) is 30.3 Å². The van der Waals surface area contributed by atoms with Crippen LogP contribution >= 0.6 is 11.7 Å². The summed E-state index contributed by atoms with van der Waals surface area (Å²) in [5.74, 6) is 0. The average Bonchev–Trinajstić information content (AvgIpc) is 2.62. The highest BCUT2D eigenvalue weighted by Crippen LogP contribution is 2.31. The van der Waals surface area contributed by atoms with E-state index in [1.165, 1.54) is 22.5 Å². The van der Waals surface area contributed by atoms with Gasteiger partial charge in [0.25, 0.3) is 0 Å². The Balaban J connectivity index is 2.59. The highest BCUT2D eigenvalue weighted by molar-refractivity contribution is 6.99. The third kappa shape index (κ3) is 0.662. The van der Waals surface area contributed by atoms with E-state index in [4.69, 9.17) is 0 Å². The summed E-state index contributed by atoms with van der Waals surface area (Å²) in [7, 11) is 0. The Morgan fingerprint density at radius 3 is 3.17 bits per heavy atom. The molecule has 2 nitrogen and oxygen atoms in total. The number of aromatic amines is 1. The maximum absolute atomic E-state index is 4.29. The fraction of sp³-hybridized carbons (Fsp3) is 0. The molecule has 1 aliphatic heterocycles. The molecule has 58 valence electrons. The Morgan fingerprint density at radius 2 is 2.17 bits per heavy atom. The fourth-order valence-electron chi connectivity index (χ4n) is 1.50. The molecule has 0 bridgehead atoms. The van der Waals surface area contributed by atoms with Crippen LogP contribution in [0.25, 0.3) is 22.2 Å². The zero-order valence-corrected chi connectivity index (χ0v) is 7.06. The van der Waals surface area contributed by atoms with Crippen molar-refractivity contribution in [1.29, 1.82) is 0 Å². The number of nitrogens with one attached hydrogen (secondary N) is 1. The lowest BCUT2D eigenvalue weighted by Gasteiger charge is -1.86. The van der Waals surface area contributed by atoms with Crippen molar-refractivity contribution in [2.75, 3.05) is 0 Å². The lowest BCUT2D eigenvalue weighted by Crippen LogP contribution is -1.67. The van der Waals surface area contributed by atoms with Crippen molar-refractivity contribution < 1.29 is 0 Å². The summed E-state index contributed by atoms with van der Waals surface area (Å²) in [5, 5.41) is 2.50. The monoisotopic (exact) mass is 174 g/mol. The van der Waals surface area contributed by atoms with E-state index in [0.29, 0.717) is 0 Å². The summed E-state index contributed by atoms with van der Waals surface area (Å²) in [6, 6.07) is 10.4. The number of H-pyrrole nitrogens is 1. The summed E-state index contributed by atoms with van der Waals surface area (Å²) in [4.78, 5) is 0. The summed E-state index contributed by atoms with van der Waals surface area (Å²) in [6.07, 6.45) is 0. The number of hydrogen-bond donors (Lipinski definition) is 1. The van der Waals surface area contributed by atoms with Crippen molar-refractivity contribution in [2.24, 2.45) is 0 Å². The van der Waals surface area contributed by atoms with Gasteiger partial charge >= 0.3 is 0 Å². The summed E-state index contributed by atoms with van der Waals surface area (Å²) in [6.45, 7) is 0. The Bertz CT molecular complexity index is 494. The summed E-state index contributed by atoms with van der Waals surface area (Å²) in [5.41, 5.74) is 2.23. The first-order chi connectivity index (χ1) is 5.95. The number of hydrogen-bond acceptors (Lipinski definition) is 2. The molecule has 2 aliphatic rings. The van der Waals surface area contributed by atoms with E-state index in [1.807, 2.05) is 12.1 Å². The quantitative estimate of drug-likeness (QED) is 0.557. The third-order valence-corrected chi connectivity index (χ3v) is 2.65. The largest absolute Gasteiger partial charge is 0.293 e. The van der Waals surface area contributed by atoms with E-state index in [9.17, 15) is 0 Å². The zero-order valence-electron chi connectivity index (χ0n) is 6.24. The molecule has 0 aromatic heterocycles. The minimum absolute atomic E-state index is 1.09. The Labute approximate surface area is 73.5 Å². The standard InChI is InChI=1S/C9H6N2S/c1-2-4-7-6(3-1)5-8-9(7)11-12-10-8/h1-5,10H. The first-order valence-electron chi connectivity index (χ1n) is 3.77. The molecule has 0 atom stereocenters. The first kappa shape index (κ1) is 6.20. The number of rotatable bonds is 0. The van der Waals surface area contributed by atoms with Crippen molar-refractivity contribution in [3.8, 4) is 11.4 Å². The van der Waals surface area contributed by atoms with Crippen LogP contribution in [0.2, 0.25) is 0 Å². The molecule has 0 fully saturated rings. The molecule has 0 unspecified atom stereocenters. The highest BCUT2D eigenvalue weighted by atomic mass is 32.1. The van der Waals surface area contributed by atoms with Crippen molar-refractivity contribution in [3.63, 3.8) is 0 Å². The van der Waals surface area contributed by atoms with Crippen LogP contribution in [0.3, 0.4) is 0 Å². The predicted molar refractivity (Wildman–Crippen MR) is 50.6 cm³/mol. The van der Waals surface area contributed by atoms with Gasteiger partial charge in [0.2, 0.25) is 0 Å². The van der Waals surface area contributed by atoms with Gasteiger partial charge in [-0.2, -0.15) is 4.37 Å². The number of aromatic nitrogens is 2. The van der Waals surface area contributed by atoms with E-state index >= 15 is 0 Å². The third-order valence-electron chi connectivity index (χ3n) is 2.06. The van der Waals surface area contributed by atoms with Gasteiger partial charge in [0.1, 0.15) is 5.69 Å². The van der Waals surface area contributed by atoms with E-state index < -0.39 is 0 Å². The van der Waals surface area contributed by atoms with Gasteiger partial charge in [-0.05, 0) is 11.5 Å². The van der Waals surface area contributed by atoms with Gasteiger partial charge in [0.05, 0.1) is 5.69 Å². The van der Waals surface area contributed by atoms with Crippen LogP contribution in [0.4, 0.5) is 0 Å². The van der Waals surface area contributed by atoms with Gasteiger partial charge < -0.3 is 0 Å². The Kier molecular flexibility index (Phi) is 1.07. The van der Waals surface area contributed by atoms with Crippen LogP contribution in [-0.4, -0.2) is 8.75 Å². The Hall–Kier alpha value is -1.35. The molecule has 0 radical (unpaired) electrons. The molecule has 1 N–H and O–H groups in total. The lowest BCUT2D eigenvalue weighted by molar-refractivity contribution is 1.55. The lowest BCUT2D eigenvalue weighted by atomic mass is 10.2. The van der Waals surface area contributed by atoms with Crippen molar-refractivity contribution in [3.05, 3.63) is 30.3 Å². The first-order valence-corrected chi connectivity index (χ1v) is 4.54. The Morgan fingerprint density at radius 1 is 1.25 bits per heavy atom. The van der Waals surface area contributed by atoms with Crippen molar-refractivity contribution in [1.82, 2.24) is 8.75 Å². The van der Waals surface area contributed by atoms with E-state index in [1.54, 1.807) is 0 Å². The smallest absolute Gasteiger partial charge is 0.110 e. The fourth-order valence-corrected chi connectivity index (χ4v) is 2.09. The van der Waals surface area contributed by atoms with Gasteiger partial charge in [0, 0.05) is 17.1 Å². The molecule has 3 heteroatoms. The zero-order chi connectivity index (χ0) is 7.97. The van der Waals surface area contributed by atoms with E-state index in [2.05, 4.69) is 26.9 Å². The van der Waals surface area contributed by atoms with Gasteiger partial charge in [-0.1, -0.05) is 24.3 Å². The molecule has 3 rings (SSSR count). The average molecular weight is 174 g/mol. The topological polar surface area (TPSA) is 28.7 Å². The van der Waals surface area contributed by atoms with Gasteiger partial charge in [-0.15, -0.1) is 0 Å². The van der Waals surface area contributed by atoms with Crippen LogP contribution in [0, 0.1) is 0 Å². The minimum atomic E-state index is 1.09. The molecular formula is C9H6N2S. The molecule has 1 aromatic rings. The maximum Gasteiger partial charge on any atom is 0.110 e. The predicted octanol–water partition coefficient (Wildman–Crippen LogP) is 2.73. The molecule has 0 amide bonds. The van der Waals surface area contributed by atoms with Crippen molar-refractivity contribution in [2.45, 2.75) is 0 Å². The molecular weight excluding hydrogens is 168 g/mol. The van der Waals surface area contributed by atoms with Gasteiger partial charge in [-0.25, -0.2) is 0 Å². The molecule has 0 spiro atoms. The number of benzene rings is 1. The second-order valence-corrected chi connectivity index (χ2v) is 3.35. The van der Waals surface area contributed by atoms with E-state index in [-0.39, 0.29) is 0 Å². The molecule has 1 heterocycles. The van der Waals surface area contributed by atoms with Crippen LogP contribution in [0.1, 0.15) is 0 Å². The number of fused-ring (bicyclic) bond motifs is 3. The summed E-state index contributed by atoms with van der Waals surface area (Å²) < 4.78 is 7.43. The van der Waals surface area contributed by atoms with Crippen molar-refractivity contribution >= 4 is 22.5 Å². The highest BCUT2D eigenvalue weighted by Gasteiger charge is 2.11. The second-order valence-electron chi connectivity index (χ2n) is 2.78. The van der Waals surface area contributed by atoms with Gasteiger partial charge in [0.15, 0.2) is 0 Å². The normalized spacial score (nSPS) is 11.3. The van der Waals surface area contributed by atoms with Crippen LogP contribution in [0.5, 0.6) is 0 Å². The summed E-state index contributed by atoms with van der Waals surface area (Å²) >= 11 is 1.40. The van der Waals surface area contributed by atoms with Crippen LogP contribution in [-0.2, 0) is 0 Å².